The molecule has 0 spiro atoms. The Labute approximate surface area is 115 Å². The molecule has 0 amide bonds. The maximum atomic E-state index is 12.3. The molecule has 0 aliphatic carbocycles. The molecule has 1 fully saturated rings. The van der Waals surface area contributed by atoms with Gasteiger partial charge in [-0.2, -0.15) is 0 Å². The van der Waals surface area contributed by atoms with E-state index < -0.39 is 10.0 Å². The molecular weight excluding hydrogens is 274 g/mol. The van der Waals surface area contributed by atoms with E-state index in [0.29, 0.717) is 38.4 Å². The highest BCUT2D eigenvalue weighted by atomic mass is 35.5. The van der Waals surface area contributed by atoms with Crippen molar-refractivity contribution in [3.05, 3.63) is 0 Å². The Morgan fingerprint density at radius 2 is 1.89 bits per heavy atom. The van der Waals surface area contributed by atoms with Crippen molar-refractivity contribution in [2.24, 2.45) is 5.41 Å². The first kappa shape index (κ1) is 16.2. The monoisotopic (exact) mass is 297 g/mol. The van der Waals surface area contributed by atoms with Crippen molar-refractivity contribution in [3.63, 3.8) is 0 Å². The summed E-state index contributed by atoms with van der Waals surface area (Å²) in [6, 6.07) is -0.122. The topological polar surface area (TPSA) is 55.4 Å². The number of ether oxygens (including phenoxy) is 1. The summed E-state index contributed by atoms with van der Waals surface area (Å²) in [5.41, 5.74) is -0.132. The average molecular weight is 298 g/mol. The second-order valence-electron chi connectivity index (χ2n) is 5.87. The van der Waals surface area contributed by atoms with Crippen LogP contribution in [0.4, 0.5) is 0 Å². The number of nitrogens with one attached hydrogen (secondary N) is 1. The van der Waals surface area contributed by atoms with Gasteiger partial charge in [0.05, 0.1) is 5.25 Å². The van der Waals surface area contributed by atoms with Gasteiger partial charge in [0.25, 0.3) is 0 Å². The van der Waals surface area contributed by atoms with Gasteiger partial charge in [-0.15, -0.1) is 11.6 Å². The summed E-state index contributed by atoms with van der Waals surface area (Å²) >= 11 is 5.76. The molecule has 4 nitrogen and oxygen atoms in total. The summed E-state index contributed by atoms with van der Waals surface area (Å²) in [5.74, 6) is 0.457. The molecule has 1 N–H and O–H groups in total. The maximum absolute atomic E-state index is 12.3. The van der Waals surface area contributed by atoms with Gasteiger partial charge < -0.3 is 4.74 Å². The van der Waals surface area contributed by atoms with E-state index in [9.17, 15) is 8.42 Å². The standard InChI is InChI=1S/C12H24ClNO3S/c1-12(2,3)11(4-7-13)14-18(15,16)10-5-8-17-9-6-10/h10-11,14H,4-9H2,1-3H3. The van der Waals surface area contributed by atoms with Crippen LogP contribution in [0.15, 0.2) is 0 Å². The number of hydrogen-bond acceptors (Lipinski definition) is 3. The zero-order chi connectivity index (χ0) is 13.8. The molecule has 0 aromatic carbocycles. The lowest BCUT2D eigenvalue weighted by Crippen LogP contribution is -2.48. The third kappa shape index (κ3) is 4.68. The Morgan fingerprint density at radius 3 is 2.33 bits per heavy atom. The maximum Gasteiger partial charge on any atom is 0.214 e. The van der Waals surface area contributed by atoms with Gasteiger partial charge in [-0.05, 0) is 24.7 Å². The van der Waals surface area contributed by atoms with Crippen molar-refractivity contribution in [1.29, 1.82) is 0 Å². The van der Waals surface area contributed by atoms with E-state index >= 15 is 0 Å². The van der Waals surface area contributed by atoms with E-state index in [1.807, 2.05) is 20.8 Å². The molecule has 6 heteroatoms. The number of rotatable bonds is 5. The Balaban J connectivity index is 2.72. The number of sulfonamides is 1. The van der Waals surface area contributed by atoms with Crippen molar-refractivity contribution < 1.29 is 13.2 Å². The molecule has 1 aliphatic heterocycles. The Hall–Kier alpha value is 0.160. The Bertz CT molecular complexity index is 345. The summed E-state index contributed by atoms with van der Waals surface area (Å²) in [6.45, 7) is 7.13. The lowest BCUT2D eigenvalue weighted by Gasteiger charge is -2.33. The largest absolute Gasteiger partial charge is 0.381 e. The molecule has 0 radical (unpaired) electrons. The first-order valence-corrected chi connectivity index (χ1v) is 8.50. The number of alkyl halides is 1. The van der Waals surface area contributed by atoms with Gasteiger partial charge in [-0.25, -0.2) is 13.1 Å². The van der Waals surface area contributed by atoms with Crippen LogP contribution in [-0.2, 0) is 14.8 Å². The van der Waals surface area contributed by atoms with E-state index in [1.165, 1.54) is 0 Å². The summed E-state index contributed by atoms with van der Waals surface area (Å²) < 4.78 is 32.7. The molecule has 1 aliphatic rings. The second-order valence-corrected chi connectivity index (χ2v) is 8.24. The molecule has 1 atom stereocenters. The summed E-state index contributed by atoms with van der Waals surface area (Å²) in [5, 5.41) is -0.327. The van der Waals surface area contributed by atoms with Crippen LogP contribution in [0, 0.1) is 5.41 Å². The smallest absolute Gasteiger partial charge is 0.214 e. The van der Waals surface area contributed by atoms with Crippen molar-refractivity contribution >= 4 is 21.6 Å². The first-order chi connectivity index (χ1) is 8.27. The van der Waals surface area contributed by atoms with E-state index in [2.05, 4.69) is 4.72 Å². The highest BCUT2D eigenvalue weighted by Crippen LogP contribution is 2.25. The van der Waals surface area contributed by atoms with Crippen LogP contribution >= 0.6 is 11.6 Å². The fraction of sp³-hybridized carbons (Fsp3) is 1.00. The van der Waals surface area contributed by atoms with Crippen LogP contribution in [0.1, 0.15) is 40.0 Å². The lowest BCUT2D eigenvalue weighted by molar-refractivity contribution is 0.0979. The SMILES string of the molecule is CC(C)(C)C(CCCl)NS(=O)(=O)C1CCOCC1. The Morgan fingerprint density at radius 1 is 1.33 bits per heavy atom. The van der Waals surface area contributed by atoms with E-state index in [1.54, 1.807) is 0 Å². The normalized spacial score (nSPS) is 20.9. The summed E-state index contributed by atoms with van der Waals surface area (Å²) in [6.07, 6.45) is 1.80. The third-order valence-electron chi connectivity index (χ3n) is 3.36. The minimum atomic E-state index is -3.28. The molecule has 0 aromatic heterocycles. The predicted molar refractivity (Wildman–Crippen MR) is 74.5 cm³/mol. The summed E-state index contributed by atoms with van der Waals surface area (Å²) in [7, 11) is -3.28. The molecule has 18 heavy (non-hydrogen) atoms. The second kappa shape index (κ2) is 6.55. The molecule has 108 valence electrons. The number of hydrogen-bond donors (Lipinski definition) is 1. The van der Waals surface area contributed by atoms with Crippen LogP contribution in [-0.4, -0.2) is 38.8 Å². The van der Waals surface area contributed by atoms with Crippen molar-refractivity contribution in [3.8, 4) is 0 Å². The van der Waals surface area contributed by atoms with Crippen molar-refractivity contribution in [1.82, 2.24) is 4.72 Å². The molecule has 1 rings (SSSR count). The minimum absolute atomic E-state index is 0.122. The third-order valence-corrected chi connectivity index (χ3v) is 5.54. The van der Waals surface area contributed by atoms with Gasteiger partial charge in [-0.1, -0.05) is 20.8 Å². The van der Waals surface area contributed by atoms with Gasteiger partial charge in [0, 0.05) is 25.1 Å². The predicted octanol–water partition coefficient (Wildman–Crippen LogP) is 2.13. The first-order valence-electron chi connectivity index (χ1n) is 6.42. The molecule has 0 aromatic rings. The molecule has 1 unspecified atom stereocenters. The van der Waals surface area contributed by atoms with E-state index in [-0.39, 0.29) is 16.7 Å². The van der Waals surface area contributed by atoms with Crippen LogP contribution < -0.4 is 4.72 Å². The zero-order valence-electron chi connectivity index (χ0n) is 11.4. The van der Waals surface area contributed by atoms with E-state index in [4.69, 9.17) is 16.3 Å². The molecule has 1 heterocycles. The van der Waals surface area contributed by atoms with E-state index in [0.717, 1.165) is 0 Å². The average Bonchev–Trinajstić information content (AvgIpc) is 2.28. The summed E-state index contributed by atoms with van der Waals surface area (Å²) in [4.78, 5) is 0. The van der Waals surface area contributed by atoms with Gasteiger partial charge in [-0.3, -0.25) is 0 Å². The molecule has 1 saturated heterocycles. The minimum Gasteiger partial charge on any atom is -0.381 e. The number of halogens is 1. The van der Waals surface area contributed by atoms with Gasteiger partial charge in [0.2, 0.25) is 10.0 Å². The molecular formula is C12H24ClNO3S. The van der Waals surface area contributed by atoms with Gasteiger partial charge >= 0.3 is 0 Å². The van der Waals surface area contributed by atoms with Crippen LogP contribution in [0.5, 0.6) is 0 Å². The van der Waals surface area contributed by atoms with Crippen molar-refractivity contribution in [2.75, 3.05) is 19.1 Å². The van der Waals surface area contributed by atoms with Gasteiger partial charge in [0.1, 0.15) is 0 Å². The van der Waals surface area contributed by atoms with Crippen LogP contribution in [0.3, 0.4) is 0 Å². The highest BCUT2D eigenvalue weighted by Gasteiger charge is 2.33. The fourth-order valence-corrected chi connectivity index (χ4v) is 4.15. The highest BCUT2D eigenvalue weighted by molar-refractivity contribution is 7.90. The van der Waals surface area contributed by atoms with Crippen LogP contribution in [0.2, 0.25) is 0 Å². The van der Waals surface area contributed by atoms with Gasteiger partial charge in [0.15, 0.2) is 0 Å². The lowest BCUT2D eigenvalue weighted by atomic mass is 9.86. The van der Waals surface area contributed by atoms with Crippen molar-refractivity contribution in [2.45, 2.75) is 51.3 Å². The molecule has 0 bridgehead atoms. The zero-order valence-corrected chi connectivity index (χ0v) is 13.0. The molecule has 0 saturated carbocycles. The fourth-order valence-electron chi connectivity index (χ4n) is 2.06. The Kier molecular flexibility index (Phi) is 5.90. The van der Waals surface area contributed by atoms with Crippen LogP contribution in [0.25, 0.3) is 0 Å². The quantitative estimate of drug-likeness (QED) is 0.791.